The summed E-state index contributed by atoms with van der Waals surface area (Å²) in [5.41, 5.74) is 3.17. The molecular weight excluding hydrogens is 450 g/mol. The zero-order valence-corrected chi connectivity index (χ0v) is 18.5. The number of fused-ring (bicyclic) bond motifs is 3. The van der Waals surface area contributed by atoms with Crippen LogP contribution in [0.4, 0.5) is 11.5 Å². The molecule has 4 atom stereocenters. The van der Waals surface area contributed by atoms with Gasteiger partial charge < -0.3 is 29.7 Å². The fraction of sp³-hybridized carbons (Fsp3) is 0.500. The SMILES string of the molecule is OCC1OC(n2cnc3c(N4CC5(CCOCC5)c5ccccc54)nc(Cl)nc32)C(O)C1O. The van der Waals surface area contributed by atoms with Crippen LogP contribution in [-0.2, 0) is 14.9 Å². The van der Waals surface area contributed by atoms with Crippen LogP contribution in [0.2, 0.25) is 5.28 Å². The second kappa shape index (κ2) is 7.86. The molecule has 2 saturated heterocycles. The van der Waals surface area contributed by atoms with Crippen LogP contribution in [0.15, 0.2) is 30.6 Å². The molecule has 11 heteroatoms. The molecule has 0 aliphatic carbocycles. The number of nitrogens with zero attached hydrogens (tertiary/aromatic N) is 5. The molecule has 3 aromatic rings. The molecule has 3 aliphatic heterocycles. The Morgan fingerprint density at radius 3 is 2.67 bits per heavy atom. The van der Waals surface area contributed by atoms with Crippen LogP contribution in [0.1, 0.15) is 24.6 Å². The Hall–Kier alpha value is -2.34. The zero-order chi connectivity index (χ0) is 22.7. The van der Waals surface area contributed by atoms with E-state index in [1.807, 2.05) is 6.07 Å². The first-order valence-corrected chi connectivity index (χ1v) is 11.4. The number of hydrogen-bond donors (Lipinski definition) is 3. The molecule has 3 N–H and O–H groups in total. The minimum Gasteiger partial charge on any atom is -0.394 e. The third-order valence-corrected chi connectivity index (χ3v) is 7.27. The summed E-state index contributed by atoms with van der Waals surface area (Å²) in [6.45, 7) is 1.72. The van der Waals surface area contributed by atoms with E-state index in [9.17, 15) is 15.3 Å². The average molecular weight is 474 g/mol. The van der Waals surface area contributed by atoms with Crippen molar-refractivity contribution in [3.8, 4) is 0 Å². The number of imidazole rings is 1. The summed E-state index contributed by atoms with van der Waals surface area (Å²) in [6, 6.07) is 8.29. The van der Waals surface area contributed by atoms with Crippen molar-refractivity contribution >= 4 is 34.3 Å². The number of halogens is 1. The number of rotatable bonds is 3. The molecule has 1 aromatic carbocycles. The lowest BCUT2D eigenvalue weighted by Crippen LogP contribution is -2.37. The first-order chi connectivity index (χ1) is 16.0. The number of anilines is 2. The molecule has 0 bridgehead atoms. The molecule has 33 heavy (non-hydrogen) atoms. The number of ether oxygens (including phenoxy) is 2. The van der Waals surface area contributed by atoms with E-state index in [0.29, 0.717) is 30.2 Å². The molecule has 6 rings (SSSR count). The highest BCUT2D eigenvalue weighted by atomic mass is 35.5. The quantitative estimate of drug-likeness (QED) is 0.482. The van der Waals surface area contributed by atoms with Gasteiger partial charge in [-0.25, -0.2) is 4.98 Å². The Balaban J connectivity index is 1.46. The predicted octanol–water partition coefficient (Wildman–Crippen LogP) is 1.29. The fourth-order valence-corrected chi connectivity index (χ4v) is 5.53. The van der Waals surface area contributed by atoms with Gasteiger partial charge in [-0.3, -0.25) is 4.57 Å². The topological polar surface area (TPSA) is 126 Å². The molecular formula is C22H24ClN5O5. The van der Waals surface area contributed by atoms with Crippen LogP contribution >= 0.6 is 11.6 Å². The minimum absolute atomic E-state index is 0.0373. The van der Waals surface area contributed by atoms with E-state index in [4.69, 9.17) is 21.1 Å². The van der Waals surface area contributed by atoms with Crippen LogP contribution in [0, 0.1) is 0 Å². The highest BCUT2D eigenvalue weighted by molar-refractivity contribution is 6.28. The Morgan fingerprint density at radius 1 is 1.12 bits per heavy atom. The summed E-state index contributed by atoms with van der Waals surface area (Å²) in [4.78, 5) is 15.6. The van der Waals surface area contributed by atoms with Gasteiger partial charge in [0.15, 0.2) is 23.2 Å². The molecule has 4 unspecified atom stereocenters. The summed E-state index contributed by atoms with van der Waals surface area (Å²) in [7, 11) is 0. The Kier molecular flexibility index (Phi) is 5.05. The van der Waals surface area contributed by atoms with E-state index in [-0.39, 0.29) is 10.7 Å². The molecule has 0 amide bonds. The van der Waals surface area contributed by atoms with Crippen LogP contribution in [-0.4, -0.2) is 79.5 Å². The number of aliphatic hydroxyl groups is 3. The normalized spacial score (nSPS) is 28.7. The number of benzene rings is 1. The number of hydrogen-bond acceptors (Lipinski definition) is 9. The van der Waals surface area contributed by atoms with Crippen LogP contribution in [0.25, 0.3) is 11.2 Å². The molecule has 10 nitrogen and oxygen atoms in total. The second-order valence-corrected chi connectivity index (χ2v) is 9.20. The minimum atomic E-state index is -1.25. The van der Waals surface area contributed by atoms with E-state index in [1.165, 1.54) is 16.5 Å². The summed E-state index contributed by atoms with van der Waals surface area (Å²) in [6.07, 6.45) is -1.03. The third-order valence-electron chi connectivity index (χ3n) is 7.10. The number of para-hydroxylation sites is 1. The maximum absolute atomic E-state index is 10.5. The summed E-state index contributed by atoms with van der Waals surface area (Å²) < 4.78 is 12.9. The van der Waals surface area contributed by atoms with E-state index >= 15 is 0 Å². The maximum Gasteiger partial charge on any atom is 0.226 e. The Morgan fingerprint density at radius 2 is 1.91 bits per heavy atom. The van der Waals surface area contributed by atoms with E-state index in [1.54, 1.807) is 0 Å². The average Bonchev–Trinajstić information content (AvgIpc) is 3.47. The molecule has 1 spiro atoms. The van der Waals surface area contributed by atoms with Crippen molar-refractivity contribution in [1.29, 1.82) is 0 Å². The first kappa shape index (κ1) is 21.2. The lowest BCUT2D eigenvalue weighted by atomic mass is 9.76. The zero-order valence-electron chi connectivity index (χ0n) is 17.7. The third kappa shape index (κ3) is 3.17. The van der Waals surface area contributed by atoms with Gasteiger partial charge in [0, 0.05) is 30.9 Å². The van der Waals surface area contributed by atoms with E-state index in [0.717, 1.165) is 25.1 Å². The van der Waals surface area contributed by atoms with Gasteiger partial charge >= 0.3 is 0 Å². The van der Waals surface area contributed by atoms with Gasteiger partial charge in [0.2, 0.25) is 5.28 Å². The summed E-state index contributed by atoms with van der Waals surface area (Å²) >= 11 is 6.36. The Bertz CT molecular complexity index is 1200. The standard InChI is InChI=1S/C22H24ClN5O5/c23-21-25-18(27-10-22(5-7-32-8-6-22)12-3-1-2-4-13(12)27)15-19(26-21)28(11-24-15)20-17(31)16(30)14(9-29)33-20/h1-4,11,14,16-17,20,29-31H,5-10H2. The smallest absolute Gasteiger partial charge is 0.226 e. The van der Waals surface area contributed by atoms with Crippen molar-refractivity contribution in [2.75, 3.05) is 31.3 Å². The molecule has 0 saturated carbocycles. The van der Waals surface area contributed by atoms with Gasteiger partial charge in [-0.2, -0.15) is 9.97 Å². The van der Waals surface area contributed by atoms with Crippen LogP contribution in [0.5, 0.6) is 0 Å². The molecule has 3 aliphatic rings. The van der Waals surface area contributed by atoms with Crippen molar-refractivity contribution in [3.63, 3.8) is 0 Å². The predicted molar refractivity (Wildman–Crippen MR) is 119 cm³/mol. The maximum atomic E-state index is 10.5. The van der Waals surface area contributed by atoms with E-state index in [2.05, 4.69) is 38.1 Å². The molecule has 0 radical (unpaired) electrons. The van der Waals surface area contributed by atoms with Crippen molar-refractivity contribution in [1.82, 2.24) is 19.5 Å². The highest BCUT2D eigenvalue weighted by Crippen LogP contribution is 2.50. The Labute approximate surface area is 194 Å². The molecule has 174 valence electrons. The fourth-order valence-electron chi connectivity index (χ4n) is 5.37. The lowest BCUT2D eigenvalue weighted by molar-refractivity contribution is -0.0511. The van der Waals surface area contributed by atoms with Gasteiger partial charge in [0.1, 0.15) is 18.3 Å². The number of aliphatic hydroxyl groups excluding tert-OH is 3. The molecule has 5 heterocycles. The van der Waals surface area contributed by atoms with Crippen LogP contribution in [0.3, 0.4) is 0 Å². The second-order valence-electron chi connectivity index (χ2n) is 8.87. The van der Waals surface area contributed by atoms with Gasteiger partial charge in [-0.05, 0) is 36.1 Å². The van der Waals surface area contributed by atoms with Gasteiger partial charge in [0.25, 0.3) is 0 Å². The van der Waals surface area contributed by atoms with Crippen molar-refractivity contribution in [3.05, 3.63) is 41.4 Å². The number of aromatic nitrogens is 4. The lowest BCUT2D eigenvalue weighted by Gasteiger charge is -2.34. The van der Waals surface area contributed by atoms with Crippen molar-refractivity contribution in [2.24, 2.45) is 0 Å². The first-order valence-electron chi connectivity index (χ1n) is 11.0. The molecule has 2 fully saturated rings. The summed E-state index contributed by atoms with van der Waals surface area (Å²) in [5, 5.41) is 30.2. The van der Waals surface area contributed by atoms with Crippen molar-refractivity contribution in [2.45, 2.75) is 42.8 Å². The molecule has 2 aromatic heterocycles. The van der Waals surface area contributed by atoms with Crippen LogP contribution < -0.4 is 4.90 Å². The van der Waals surface area contributed by atoms with Crippen molar-refractivity contribution < 1.29 is 24.8 Å². The summed E-state index contributed by atoms with van der Waals surface area (Å²) in [5.74, 6) is 0.575. The van der Waals surface area contributed by atoms with E-state index < -0.39 is 31.1 Å². The monoisotopic (exact) mass is 473 g/mol. The highest BCUT2D eigenvalue weighted by Gasteiger charge is 2.46. The van der Waals surface area contributed by atoms with Gasteiger partial charge in [-0.1, -0.05) is 18.2 Å². The van der Waals surface area contributed by atoms with Gasteiger partial charge in [0.05, 0.1) is 12.9 Å². The van der Waals surface area contributed by atoms with Gasteiger partial charge in [-0.15, -0.1) is 0 Å². The largest absolute Gasteiger partial charge is 0.394 e.